The molecule has 0 heterocycles. The average Bonchev–Trinajstić information content (AvgIpc) is 1.37. The van der Waals surface area contributed by atoms with Gasteiger partial charge in [-0.25, -0.2) is 0 Å². The van der Waals surface area contributed by atoms with Gasteiger partial charge in [0.15, 0.2) is 0 Å². The molecule has 0 aromatic carbocycles. The van der Waals surface area contributed by atoms with Crippen LogP contribution in [-0.2, 0) is 19.5 Å². The molecule has 38 valence electrons. The molecule has 0 aliphatic heterocycles. The third kappa shape index (κ3) is 30.8. The minimum Gasteiger partial charge on any atom is -0.723 e. The van der Waals surface area contributed by atoms with E-state index in [9.17, 15) is 0 Å². The molecular formula is C4H8NRu-. The van der Waals surface area contributed by atoms with Crippen molar-refractivity contribution in [2.75, 3.05) is 7.05 Å². The van der Waals surface area contributed by atoms with E-state index in [1.165, 1.54) is 6.20 Å². The molecule has 0 aliphatic rings. The van der Waals surface area contributed by atoms with Gasteiger partial charge < -0.3 is 25.5 Å². The van der Waals surface area contributed by atoms with Gasteiger partial charge in [0.1, 0.15) is 0 Å². The molecule has 0 N–H and O–H groups in total. The maximum absolute atomic E-state index is 4.74. The van der Waals surface area contributed by atoms with Gasteiger partial charge in [-0.2, -0.15) is 0 Å². The molecule has 2 heteroatoms. The minimum absolute atomic E-state index is 0. The zero-order valence-electron chi connectivity index (χ0n) is 3.96. The van der Waals surface area contributed by atoms with E-state index in [2.05, 4.69) is 5.32 Å². The molecule has 0 aliphatic carbocycles. The van der Waals surface area contributed by atoms with Crippen molar-refractivity contribution in [2.45, 2.75) is 0 Å². The minimum atomic E-state index is 0. The van der Waals surface area contributed by atoms with Crippen LogP contribution in [0.2, 0.25) is 0 Å². The molecule has 0 spiro atoms. The van der Waals surface area contributed by atoms with Crippen LogP contribution in [0.1, 0.15) is 0 Å². The number of nitrogens with zero attached hydrogens (tertiary/aromatic N) is 1. The summed E-state index contributed by atoms with van der Waals surface area (Å²) >= 11 is 0. The Bertz CT molecular complexity index is 21.5. The van der Waals surface area contributed by atoms with Gasteiger partial charge in [0.05, 0.1) is 0 Å². The number of rotatable bonds is 1. The number of hydrogen-bond donors (Lipinski definition) is 0. The van der Waals surface area contributed by atoms with E-state index in [-0.39, 0.29) is 26.9 Å². The van der Waals surface area contributed by atoms with Crippen LogP contribution >= 0.6 is 0 Å². The zero-order valence-corrected chi connectivity index (χ0v) is 5.69. The molecule has 0 radical (unpaired) electrons. The van der Waals surface area contributed by atoms with E-state index < -0.39 is 0 Å². The summed E-state index contributed by atoms with van der Waals surface area (Å²) in [5.41, 5.74) is 0. The van der Waals surface area contributed by atoms with Crippen molar-refractivity contribution >= 4 is 0 Å². The van der Waals surface area contributed by atoms with E-state index in [4.69, 9.17) is 6.58 Å². The van der Waals surface area contributed by atoms with Crippen molar-refractivity contribution in [1.29, 1.82) is 0 Å². The van der Waals surface area contributed by atoms with Crippen LogP contribution in [0.5, 0.6) is 0 Å². The van der Waals surface area contributed by atoms with Gasteiger partial charge in [0, 0.05) is 0 Å². The summed E-state index contributed by atoms with van der Waals surface area (Å²) in [7, 11) is 1.62. The Labute approximate surface area is 52.6 Å². The normalized spacial score (nSPS) is 3.50. The number of hydrogen-bond acceptors (Lipinski definition) is 0. The fourth-order valence-electron chi connectivity index (χ4n) is 0. The summed E-state index contributed by atoms with van der Waals surface area (Å²) in [6.45, 7) is 4.74. The third-order valence-electron chi connectivity index (χ3n) is 0.149. The molecule has 0 saturated carbocycles. The Balaban J connectivity index is -0.0000000450. The first kappa shape index (κ1) is 16.4. The standard InChI is InChI=1S/C3H5N.CH3.Ru/c1-3-4-2;;/h1,3H,2H3;1H3;/q-2;-1;+2. The molecule has 0 atom stereocenters. The summed E-state index contributed by atoms with van der Waals surface area (Å²) in [6.07, 6.45) is 1.25. The average molecular weight is 171 g/mol. The van der Waals surface area contributed by atoms with Gasteiger partial charge >= 0.3 is 19.5 Å². The monoisotopic (exact) mass is 172 g/mol. The van der Waals surface area contributed by atoms with Gasteiger partial charge in [-0.3, -0.25) is 0 Å². The van der Waals surface area contributed by atoms with Crippen LogP contribution in [0, 0.1) is 14.0 Å². The predicted molar refractivity (Wildman–Crippen MR) is 24.6 cm³/mol. The van der Waals surface area contributed by atoms with Crippen molar-refractivity contribution in [3.05, 3.63) is 25.5 Å². The third-order valence-corrected chi connectivity index (χ3v) is 0.149. The second-order valence-electron chi connectivity index (χ2n) is 0.407. The molecule has 0 aromatic heterocycles. The van der Waals surface area contributed by atoms with E-state index in [0.29, 0.717) is 0 Å². The molecule has 0 rings (SSSR count). The molecule has 0 amide bonds. The fraction of sp³-hybridized carbons (Fsp3) is 0.250. The second kappa shape index (κ2) is 19.1. The molecule has 0 saturated heterocycles. The topological polar surface area (TPSA) is 14.1 Å². The molecule has 1 nitrogen and oxygen atoms in total. The van der Waals surface area contributed by atoms with Crippen LogP contribution in [0.4, 0.5) is 0 Å². The Morgan fingerprint density at radius 1 is 1.67 bits per heavy atom. The molecular weight excluding hydrogens is 163 g/mol. The van der Waals surface area contributed by atoms with Crippen molar-refractivity contribution in [3.63, 3.8) is 0 Å². The summed E-state index contributed by atoms with van der Waals surface area (Å²) < 4.78 is 0. The summed E-state index contributed by atoms with van der Waals surface area (Å²) in [6, 6.07) is 0. The van der Waals surface area contributed by atoms with E-state index in [0.717, 1.165) is 0 Å². The van der Waals surface area contributed by atoms with Crippen LogP contribution in [-0.4, -0.2) is 7.05 Å². The SMILES string of the molecule is [CH-]=C[N-]C.[CH3-].[Ru+2]. The fourth-order valence-corrected chi connectivity index (χ4v) is 0. The van der Waals surface area contributed by atoms with Gasteiger partial charge in [-0.1, -0.05) is 0 Å². The predicted octanol–water partition coefficient (Wildman–Crippen LogP) is 1.38. The Morgan fingerprint density at radius 3 is 1.83 bits per heavy atom. The molecule has 0 bridgehead atoms. The smallest absolute Gasteiger partial charge is 0.723 e. The largest absolute Gasteiger partial charge is 2.00 e. The second-order valence-corrected chi connectivity index (χ2v) is 0.407. The Morgan fingerprint density at radius 2 is 1.83 bits per heavy atom. The maximum atomic E-state index is 4.74. The molecule has 0 unspecified atom stereocenters. The zero-order chi connectivity index (χ0) is 3.41. The van der Waals surface area contributed by atoms with Crippen molar-refractivity contribution in [3.8, 4) is 0 Å². The molecule has 0 aromatic rings. The van der Waals surface area contributed by atoms with E-state index in [1.807, 2.05) is 0 Å². The molecule has 0 fully saturated rings. The van der Waals surface area contributed by atoms with Gasteiger partial charge in [0.2, 0.25) is 0 Å². The van der Waals surface area contributed by atoms with Crippen molar-refractivity contribution in [2.24, 2.45) is 0 Å². The van der Waals surface area contributed by atoms with Crippen molar-refractivity contribution in [1.82, 2.24) is 0 Å². The van der Waals surface area contributed by atoms with Gasteiger partial charge in [-0.05, 0) is 0 Å². The van der Waals surface area contributed by atoms with E-state index >= 15 is 0 Å². The molecule has 6 heavy (non-hydrogen) atoms. The first-order valence-electron chi connectivity index (χ1n) is 1.04. The first-order chi connectivity index (χ1) is 1.91. The van der Waals surface area contributed by atoms with Gasteiger partial charge in [-0.15, -0.1) is 7.05 Å². The maximum Gasteiger partial charge on any atom is 2.00 e. The summed E-state index contributed by atoms with van der Waals surface area (Å²) in [5.74, 6) is 0. The first-order valence-corrected chi connectivity index (χ1v) is 1.04. The summed E-state index contributed by atoms with van der Waals surface area (Å²) in [4.78, 5) is 0. The van der Waals surface area contributed by atoms with Crippen LogP contribution < -0.4 is 0 Å². The Kier molecular flexibility index (Phi) is 52.3. The van der Waals surface area contributed by atoms with Crippen LogP contribution in [0.15, 0.2) is 6.20 Å². The van der Waals surface area contributed by atoms with E-state index in [1.54, 1.807) is 7.05 Å². The summed E-state index contributed by atoms with van der Waals surface area (Å²) in [5, 5.41) is 3.39. The Hall–Kier alpha value is 0.163. The van der Waals surface area contributed by atoms with Crippen molar-refractivity contribution < 1.29 is 19.5 Å². The quantitative estimate of drug-likeness (QED) is 0.418. The van der Waals surface area contributed by atoms with Crippen LogP contribution in [0.3, 0.4) is 0 Å². The van der Waals surface area contributed by atoms with Gasteiger partial charge in [0.25, 0.3) is 0 Å². The van der Waals surface area contributed by atoms with Crippen LogP contribution in [0.25, 0.3) is 5.32 Å².